The van der Waals surface area contributed by atoms with E-state index in [-0.39, 0.29) is 12.0 Å². The Kier molecular flexibility index (Phi) is 5.04. The highest BCUT2D eigenvalue weighted by Gasteiger charge is 2.22. The molecule has 1 aliphatic rings. The van der Waals surface area contributed by atoms with Gasteiger partial charge in [-0.3, -0.25) is 4.57 Å². The fourth-order valence-electron chi connectivity index (χ4n) is 3.19. The van der Waals surface area contributed by atoms with E-state index >= 15 is 0 Å². The Morgan fingerprint density at radius 3 is 2.96 bits per heavy atom. The second-order valence-electron chi connectivity index (χ2n) is 6.19. The maximum atomic E-state index is 10.0. The first kappa shape index (κ1) is 17.9. The van der Waals surface area contributed by atoms with Gasteiger partial charge in [-0.15, -0.1) is 0 Å². The molecule has 1 aliphatic heterocycles. The maximum Gasteiger partial charge on any atom is 0.191 e. The van der Waals surface area contributed by atoms with Crippen LogP contribution in [0.1, 0.15) is 25.5 Å². The van der Waals surface area contributed by atoms with Gasteiger partial charge >= 0.3 is 0 Å². The summed E-state index contributed by atoms with van der Waals surface area (Å²) in [4.78, 5) is 13.7. The quantitative estimate of drug-likeness (QED) is 0.505. The van der Waals surface area contributed by atoms with Gasteiger partial charge in [0.05, 0.1) is 19.1 Å². The van der Waals surface area contributed by atoms with Crippen molar-refractivity contribution >= 4 is 34.4 Å². The van der Waals surface area contributed by atoms with Crippen LogP contribution in [-0.2, 0) is 4.74 Å². The van der Waals surface area contributed by atoms with Crippen LogP contribution in [0.4, 0.5) is 11.5 Å². The lowest BCUT2D eigenvalue weighted by atomic mass is 10.2. The van der Waals surface area contributed by atoms with Crippen molar-refractivity contribution < 1.29 is 14.6 Å². The highest BCUT2D eigenvalue weighted by molar-refractivity contribution is 7.98. The average molecular weight is 387 g/mol. The number of aromatic hydroxyl groups is 1. The van der Waals surface area contributed by atoms with Crippen molar-refractivity contribution in [3.05, 3.63) is 24.5 Å². The molecule has 142 valence electrons. The number of phenols is 1. The monoisotopic (exact) mass is 387 g/mol. The molecule has 1 aromatic carbocycles. The molecule has 1 saturated heterocycles. The molecule has 0 aliphatic carbocycles. The van der Waals surface area contributed by atoms with Gasteiger partial charge in [-0.25, -0.2) is 15.0 Å². The van der Waals surface area contributed by atoms with Crippen molar-refractivity contribution in [2.45, 2.75) is 30.6 Å². The largest absolute Gasteiger partial charge is 0.504 e. The summed E-state index contributed by atoms with van der Waals surface area (Å²) < 4.78 is 13.2. The molecule has 0 amide bonds. The standard InChI is InChI=1S/C18H21N5O3S/c1-25-15-11(6-5-7-12(15)24)20-16-14-17(22-18(21-16)27-2)23(10-19-14)13-8-3-4-9-26-13/h5-7,10,13,24H,3-4,8-9H2,1-2H3,(H,20,21,22). The molecular weight excluding hydrogens is 366 g/mol. The zero-order valence-corrected chi connectivity index (χ0v) is 16.0. The SMILES string of the molecule is COc1c(O)cccc1Nc1nc(SC)nc2c1ncn2C1CCCCO1. The van der Waals surface area contributed by atoms with Crippen molar-refractivity contribution in [3.63, 3.8) is 0 Å². The van der Waals surface area contributed by atoms with E-state index in [2.05, 4.69) is 20.3 Å². The van der Waals surface area contributed by atoms with Gasteiger partial charge in [0.2, 0.25) is 0 Å². The van der Waals surface area contributed by atoms with E-state index in [9.17, 15) is 5.11 Å². The number of hydrogen-bond acceptors (Lipinski definition) is 8. The summed E-state index contributed by atoms with van der Waals surface area (Å²) in [6.45, 7) is 0.746. The summed E-state index contributed by atoms with van der Waals surface area (Å²) >= 11 is 1.46. The molecule has 27 heavy (non-hydrogen) atoms. The summed E-state index contributed by atoms with van der Waals surface area (Å²) in [5.74, 6) is 0.965. The third-order valence-corrected chi connectivity index (χ3v) is 5.05. The van der Waals surface area contributed by atoms with Crippen LogP contribution in [-0.4, -0.2) is 44.6 Å². The predicted octanol–water partition coefficient (Wildman–Crippen LogP) is 3.71. The molecular formula is C18H21N5O3S. The van der Waals surface area contributed by atoms with Crippen molar-refractivity contribution in [2.24, 2.45) is 0 Å². The summed E-state index contributed by atoms with van der Waals surface area (Å²) in [6, 6.07) is 5.12. The number of rotatable bonds is 5. The number of methoxy groups -OCH3 is 1. The van der Waals surface area contributed by atoms with E-state index in [1.54, 1.807) is 18.5 Å². The van der Waals surface area contributed by atoms with Crippen molar-refractivity contribution in [1.82, 2.24) is 19.5 Å². The topological polar surface area (TPSA) is 94.3 Å². The van der Waals surface area contributed by atoms with Gasteiger partial charge in [0.1, 0.15) is 6.23 Å². The van der Waals surface area contributed by atoms with Crippen LogP contribution >= 0.6 is 11.8 Å². The molecule has 3 aromatic rings. The van der Waals surface area contributed by atoms with E-state index in [1.165, 1.54) is 18.9 Å². The lowest BCUT2D eigenvalue weighted by Crippen LogP contribution is -2.17. The predicted molar refractivity (Wildman–Crippen MR) is 104 cm³/mol. The average Bonchev–Trinajstić information content (AvgIpc) is 3.13. The molecule has 2 aromatic heterocycles. The lowest BCUT2D eigenvalue weighted by Gasteiger charge is -2.23. The van der Waals surface area contributed by atoms with Crippen molar-refractivity contribution in [3.8, 4) is 11.5 Å². The number of phenolic OH excluding ortho intramolecular Hbond substituents is 1. The summed E-state index contributed by atoms with van der Waals surface area (Å²) in [7, 11) is 1.51. The molecule has 1 atom stereocenters. The Morgan fingerprint density at radius 1 is 1.33 bits per heavy atom. The van der Waals surface area contributed by atoms with E-state index in [4.69, 9.17) is 9.47 Å². The number of anilines is 2. The number of aromatic nitrogens is 4. The molecule has 0 saturated carbocycles. The number of imidazole rings is 1. The normalized spacial score (nSPS) is 17.2. The van der Waals surface area contributed by atoms with Gasteiger partial charge in [-0.2, -0.15) is 0 Å². The molecule has 2 N–H and O–H groups in total. The number of benzene rings is 1. The molecule has 9 heteroatoms. The Morgan fingerprint density at radius 2 is 2.22 bits per heavy atom. The first-order chi connectivity index (χ1) is 13.2. The molecule has 0 bridgehead atoms. The fraction of sp³-hybridized carbons (Fsp3) is 0.389. The van der Waals surface area contributed by atoms with Crippen molar-refractivity contribution in [2.75, 3.05) is 25.3 Å². The minimum absolute atomic E-state index is 0.0547. The van der Waals surface area contributed by atoms with Crippen LogP contribution in [0.2, 0.25) is 0 Å². The second kappa shape index (κ2) is 7.61. The fourth-order valence-corrected chi connectivity index (χ4v) is 3.55. The zero-order valence-electron chi connectivity index (χ0n) is 15.2. The third-order valence-electron chi connectivity index (χ3n) is 4.50. The number of thioether (sulfide) groups is 1. The number of fused-ring (bicyclic) bond motifs is 1. The van der Waals surface area contributed by atoms with Gasteiger partial charge in [-0.05, 0) is 37.7 Å². The highest BCUT2D eigenvalue weighted by atomic mass is 32.2. The van der Waals surface area contributed by atoms with Crippen LogP contribution in [0.15, 0.2) is 29.7 Å². The summed E-state index contributed by atoms with van der Waals surface area (Å²) in [6.07, 6.45) is 6.76. The number of hydrogen-bond donors (Lipinski definition) is 2. The molecule has 3 heterocycles. The number of nitrogens with zero attached hydrogens (tertiary/aromatic N) is 4. The highest BCUT2D eigenvalue weighted by Crippen LogP contribution is 2.37. The van der Waals surface area contributed by atoms with Crippen LogP contribution in [0.5, 0.6) is 11.5 Å². The first-order valence-electron chi connectivity index (χ1n) is 8.74. The number of para-hydroxylation sites is 1. The second-order valence-corrected chi connectivity index (χ2v) is 6.96. The summed E-state index contributed by atoms with van der Waals surface area (Å²) in [5.41, 5.74) is 1.98. The van der Waals surface area contributed by atoms with Crippen LogP contribution in [0.25, 0.3) is 11.2 Å². The Bertz CT molecular complexity index is 956. The van der Waals surface area contributed by atoms with E-state index in [1.807, 2.05) is 16.9 Å². The van der Waals surface area contributed by atoms with Crippen molar-refractivity contribution in [1.29, 1.82) is 0 Å². The summed E-state index contributed by atoms with van der Waals surface area (Å²) in [5, 5.41) is 13.9. The van der Waals surface area contributed by atoms with E-state index in [0.717, 1.165) is 31.5 Å². The lowest BCUT2D eigenvalue weighted by molar-refractivity contribution is -0.0298. The Balaban J connectivity index is 1.79. The van der Waals surface area contributed by atoms with E-state index in [0.29, 0.717) is 27.9 Å². The molecule has 1 unspecified atom stereocenters. The maximum absolute atomic E-state index is 10.0. The zero-order chi connectivity index (χ0) is 18.8. The smallest absolute Gasteiger partial charge is 0.191 e. The van der Waals surface area contributed by atoms with Crippen LogP contribution in [0.3, 0.4) is 0 Å². The number of ether oxygens (including phenoxy) is 2. The third kappa shape index (κ3) is 3.40. The Labute approximate surface area is 160 Å². The van der Waals surface area contributed by atoms with E-state index < -0.39 is 0 Å². The van der Waals surface area contributed by atoms with Gasteiger partial charge < -0.3 is 19.9 Å². The van der Waals surface area contributed by atoms with Gasteiger partial charge in [0, 0.05) is 6.61 Å². The molecule has 0 radical (unpaired) electrons. The van der Waals surface area contributed by atoms with Crippen LogP contribution < -0.4 is 10.1 Å². The van der Waals surface area contributed by atoms with Gasteiger partial charge in [0.25, 0.3) is 0 Å². The molecule has 8 nitrogen and oxygen atoms in total. The van der Waals surface area contributed by atoms with Gasteiger partial charge in [-0.1, -0.05) is 17.8 Å². The minimum Gasteiger partial charge on any atom is -0.504 e. The Hall–Kier alpha value is -2.52. The first-order valence-corrected chi connectivity index (χ1v) is 9.97. The minimum atomic E-state index is -0.0588. The molecule has 4 rings (SSSR count). The molecule has 1 fully saturated rings. The van der Waals surface area contributed by atoms with Crippen LogP contribution in [0, 0.1) is 0 Å². The van der Waals surface area contributed by atoms with Gasteiger partial charge in [0.15, 0.2) is 33.6 Å². The number of nitrogens with one attached hydrogen (secondary N) is 1. The molecule has 0 spiro atoms.